The van der Waals surface area contributed by atoms with Gasteiger partial charge in [-0.05, 0) is 24.1 Å². The molecule has 1 rings (SSSR count). The molecule has 102 valence electrons. The largest absolute Gasteiger partial charge is 0.398 e. The van der Waals surface area contributed by atoms with Crippen LogP contribution in [0.1, 0.15) is 20.3 Å². The zero-order valence-electron chi connectivity index (χ0n) is 10.9. The first-order valence-corrected chi connectivity index (χ1v) is 7.24. The average Bonchev–Trinajstić information content (AvgIpc) is 2.28. The Morgan fingerprint density at radius 2 is 2.06 bits per heavy atom. The van der Waals surface area contributed by atoms with Crippen molar-refractivity contribution < 1.29 is 12.8 Å². The van der Waals surface area contributed by atoms with Crippen molar-refractivity contribution in [3.8, 4) is 0 Å². The molecule has 1 unspecified atom stereocenters. The van der Waals surface area contributed by atoms with Crippen molar-refractivity contribution in [1.82, 2.24) is 4.31 Å². The first kappa shape index (κ1) is 14.9. The molecule has 0 bridgehead atoms. The van der Waals surface area contributed by atoms with Gasteiger partial charge in [0.05, 0.1) is 5.69 Å². The van der Waals surface area contributed by atoms with Gasteiger partial charge in [-0.1, -0.05) is 20.3 Å². The van der Waals surface area contributed by atoms with Gasteiger partial charge in [-0.2, -0.15) is 0 Å². The second-order valence-electron chi connectivity index (χ2n) is 4.48. The molecule has 6 heteroatoms. The maximum Gasteiger partial charge on any atom is 0.244 e. The standard InChI is InChI=1S/C12H19FN2O2S/c1-4-9(2)8-15(3)18(16,17)12-6-5-10(13)7-11(12)14/h5-7,9H,4,8,14H2,1-3H3. The van der Waals surface area contributed by atoms with Crippen molar-refractivity contribution >= 4 is 15.7 Å². The van der Waals surface area contributed by atoms with E-state index >= 15 is 0 Å². The second kappa shape index (κ2) is 5.67. The summed E-state index contributed by atoms with van der Waals surface area (Å²) in [5.41, 5.74) is 5.50. The number of benzene rings is 1. The first-order valence-electron chi connectivity index (χ1n) is 5.80. The van der Waals surface area contributed by atoms with E-state index in [0.29, 0.717) is 6.54 Å². The number of nitrogens with zero attached hydrogens (tertiary/aromatic N) is 1. The third-order valence-corrected chi connectivity index (χ3v) is 4.82. The minimum absolute atomic E-state index is 0.0466. The molecule has 0 saturated heterocycles. The van der Waals surface area contributed by atoms with Gasteiger partial charge < -0.3 is 5.73 Å². The van der Waals surface area contributed by atoms with Crippen molar-refractivity contribution in [3.63, 3.8) is 0 Å². The van der Waals surface area contributed by atoms with E-state index in [9.17, 15) is 12.8 Å². The summed E-state index contributed by atoms with van der Waals surface area (Å²) in [6.07, 6.45) is 0.888. The number of sulfonamides is 1. The van der Waals surface area contributed by atoms with Crippen LogP contribution in [0.2, 0.25) is 0 Å². The lowest BCUT2D eigenvalue weighted by Crippen LogP contribution is -2.31. The smallest absolute Gasteiger partial charge is 0.244 e. The number of hydrogen-bond donors (Lipinski definition) is 1. The SMILES string of the molecule is CCC(C)CN(C)S(=O)(=O)c1ccc(F)cc1N. The molecule has 0 aliphatic carbocycles. The van der Waals surface area contributed by atoms with Crippen LogP contribution in [0.4, 0.5) is 10.1 Å². The molecule has 0 fully saturated rings. The van der Waals surface area contributed by atoms with Crippen LogP contribution in [-0.4, -0.2) is 26.3 Å². The summed E-state index contributed by atoms with van der Waals surface area (Å²) in [4.78, 5) is -0.0466. The van der Waals surface area contributed by atoms with Crippen molar-refractivity contribution in [3.05, 3.63) is 24.0 Å². The molecule has 18 heavy (non-hydrogen) atoms. The maximum atomic E-state index is 12.9. The fourth-order valence-electron chi connectivity index (χ4n) is 1.59. The van der Waals surface area contributed by atoms with Crippen molar-refractivity contribution in [2.75, 3.05) is 19.3 Å². The van der Waals surface area contributed by atoms with Crippen LogP contribution in [-0.2, 0) is 10.0 Å². The first-order chi connectivity index (χ1) is 8.28. The van der Waals surface area contributed by atoms with Crippen molar-refractivity contribution in [1.29, 1.82) is 0 Å². The number of rotatable bonds is 5. The van der Waals surface area contributed by atoms with Crippen LogP contribution in [0.25, 0.3) is 0 Å². The lowest BCUT2D eigenvalue weighted by molar-refractivity contribution is 0.394. The number of nitrogens with two attached hydrogens (primary N) is 1. The Balaban J connectivity index is 3.06. The summed E-state index contributed by atoms with van der Waals surface area (Å²) in [7, 11) is -2.15. The van der Waals surface area contributed by atoms with Crippen LogP contribution in [0.5, 0.6) is 0 Å². The lowest BCUT2D eigenvalue weighted by atomic mass is 10.1. The van der Waals surface area contributed by atoms with Crippen LogP contribution < -0.4 is 5.73 Å². The van der Waals surface area contributed by atoms with Gasteiger partial charge in [0, 0.05) is 13.6 Å². The van der Waals surface area contributed by atoms with Crippen molar-refractivity contribution in [2.24, 2.45) is 5.92 Å². The highest BCUT2D eigenvalue weighted by Gasteiger charge is 2.24. The highest BCUT2D eigenvalue weighted by atomic mass is 32.2. The van der Waals surface area contributed by atoms with Crippen LogP contribution in [0.15, 0.2) is 23.1 Å². The Kier molecular flexibility index (Phi) is 4.70. The van der Waals surface area contributed by atoms with E-state index in [2.05, 4.69) is 0 Å². The Hall–Kier alpha value is -1.14. The monoisotopic (exact) mass is 274 g/mol. The summed E-state index contributed by atoms with van der Waals surface area (Å²) < 4.78 is 38.6. The topological polar surface area (TPSA) is 63.4 Å². The normalized spacial score (nSPS) is 13.8. The number of anilines is 1. The second-order valence-corrected chi connectivity index (χ2v) is 6.49. The van der Waals surface area contributed by atoms with E-state index in [0.717, 1.165) is 18.6 Å². The molecule has 0 radical (unpaired) electrons. The molecule has 1 aromatic carbocycles. The van der Waals surface area contributed by atoms with Crippen LogP contribution in [0, 0.1) is 11.7 Å². The molecular weight excluding hydrogens is 255 g/mol. The molecule has 0 aliphatic rings. The summed E-state index contributed by atoms with van der Waals surface area (Å²) in [5.74, 6) is -0.289. The molecule has 0 spiro atoms. The summed E-state index contributed by atoms with van der Waals surface area (Å²) >= 11 is 0. The number of halogens is 1. The van der Waals surface area contributed by atoms with Gasteiger partial charge in [0.15, 0.2) is 0 Å². The Labute approximate surface area is 108 Å². The lowest BCUT2D eigenvalue weighted by Gasteiger charge is -2.21. The number of hydrogen-bond acceptors (Lipinski definition) is 3. The van der Waals surface area contributed by atoms with E-state index in [1.54, 1.807) is 0 Å². The minimum Gasteiger partial charge on any atom is -0.398 e. The summed E-state index contributed by atoms with van der Waals surface area (Å²) in [6.45, 7) is 4.38. The van der Waals surface area contributed by atoms with E-state index in [1.807, 2.05) is 13.8 Å². The zero-order chi connectivity index (χ0) is 13.9. The molecule has 1 aromatic rings. The highest BCUT2D eigenvalue weighted by Crippen LogP contribution is 2.23. The zero-order valence-corrected chi connectivity index (χ0v) is 11.7. The maximum absolute atomic E-state index is 12.9. The van der Waals surface area contributed by atoms with Crippen LogP contribution >= 0.6 is 0 Å². The molecule has 1 atom stereocenters. The van der Waals surface area contributed by atoms with Gasteiger partial charge in [0.1, 0.15) is 10.7 Å². The predicted molar refractivity (Wildman–Crippen MR) is 70.1 cm³/mol. The predicted octanol–water partition coefficient (Wildman–Crippen LogP) is 2.07. The van der Waals surface area contributed by atoms with E-state index in [4.69, 9.17) is 5.73 Å². The average molecular weight is 274 g/mol. The van der Waals surface area contributed by atoms with E-state index in [1.165, 1.54) is 17.4 Å². The Bertz CT molecular complexity index is 517. The van der Waals surface area contributed by atoms with Gasteiger partial charge in [-0.25, -0.2) is 17.1 Å². The number of nitrogen functional groups attached to an aromatic ring is 1. The van der Waals surface area contributed by atoms with Gasteiger partial charge >= 0.3 is 0 Å². The molecule has 0 saturated carbocycles. The van der Waals surface area contributed by atoms with Crippen molar-refractivity contribution in [2.45, 2.75) is 25.2 Å². The molecule has 0 aromatic heterocycles. The minimum atomic E-state index is -3.65. The third kappa shape index (κ3) is 3.20. The molecule has 0 heterocycles. The molecule has 4 nitrogen and oxygen atoms in total. The molecular formula is C12H19FN2O2S. The van der Waals surface area contributed by atoms with E-state index < -0.39 is 15.8 Å². The van der Waals surface area contributed by atoms with Crippen LogP contribution in [0.3, 0.4) is 0 Å². The Morgan fingerprint density at radius 3 is 2.56 bits per heavy atom. The molecule has 0 aliphatic heterocycles. The Morgan fingerprint density at radius 1 is 1.44 bits per heavy atom. The summed E-state index contributed by atoms with van der Waals surface area (Å²) in [6, 6.07) is 3.32. The quantitative estimate of drug-likeness (QED) is 0.836. The van der Waals surface area contributed by atoms with Gasteiger partial charge in [-0.3, -0.25) is 0 Å². The van der Waals surface area contributed by atoms with E-state index in [-0.39, 0.29) is 16.5 Å². The van der Waals surface area contributed by atoms with Gasteiger partial charge in [-0.15, -0.1) is 0 Å². The fourth-order valence-corrected chi connectivity index (χ4v) is 2.97. The summed E-state index contributed by atoms with van der Waals surface area (Å²) in [5, 5.41) is 0. The third-order valence-electron chi connectivity index (χ3n) is 2.93. The highest BCUT2D eigenvalue weighted by molar-refractivity contribution is 7.89. The fraction of sp³-hybridized carbons (Fsp3) is 0.500. The molecule has 0 amide bonds. The van der Waals surface area contributed by atoms with Gasteiger partial charge in [0.2, 0.25) is 10.0 Å². The molecule has 2 N–H and O–H groups in total. The van der Waals surface area contributed by atoms with Gasteiger partial charge in [0.25, 0.3) is 0 Å².